The molecule has 0 fully saturated rings. The van der Waals surface area contributed by atoms with E-state index in [0.717, 1.165) is 35.6 Å². The molecular formula is C30H42O2Si3. The molecule has 2 atom stereocenters. The Hall–Kier alpha value is -1.51. The van der Waals surface area contributed by atoms with Crippen LogP contribution in [0.3, 0.4) is 0 Å². The van der Waals surface area contributed by atoms with Gasteiger partial charge in [-0.3, -0.25) is 0 Å². The van der Waals surface area contributed by atoms with Gasteiger partial charge in [-0.15, -0.1) is 0 Å². The van der Waals surface area contributed by atoms with Gasteiger partial charge in [0.1, 0.15) is 0 Å². The first-order chi connectivity index (χ1) is 16.6. The molecule has 0 amide bonds. The summed E-state index contributed by atoms with van der Waals surface area (Å²) in [5.74, 6) is 1.10. The Balaban J connectivity index is 1.37. The Labute approximate surface area is 217 Å². The van der Waals surface area contributed by atoms with Gasteiger partial charge in [0.25, 0.3) is 0 Å². The van der Waals surface area contributed by atoms with Crippen molar-refractivity contribution in [3.05, 3.63) is 82.9 Å². The monoisotopic (exact) mass is 518 g/mol. The number of allylic oxidation sites excluding steroid dienone is 2. The van der Waals surface area contributed by atoms with Crippen LogP contribution in [0.4, 0.5) is 0 Å². The smallest absolute Gasteiger partial charge is 0.183 e. The average molecular weight is 519 g/mol. The molecule has 4 rings (SSSR count). The second-order valence-electron chi connectivity index (χ2n) is 11.9. The summed E-state index contributed by atoms with van der Waals surface area (Å²) in [7, 11) is -1.98. The van der Waals surface area contributed by atoms with Crippen molar-refractivity contribution in [2.75, 3.05) is 13.2 Å². The van der Waals surface area contributed by atoms with Crippen molar-refractivity contribution in [3.63, 3.8) is 0 Å². The third-order valence-electron chi connectivity index (χ3n) is 6.76. The zero-order valence-corrected chi connectivity index (χ0v) is 25.5. The van der Waals surface area contributed by atoms with Crippen molar-refractivity contribution in [2.24, 2.45) is 0 Å². The highest BCUT2D eigenvalue weighted by Gasteiger charge is 2.26. The summed E-state index contributed by atoms with van der Waals surface area (Å²) in [5, 5.41) is 0. The first kappa shape index (κ1) is 26.6. The molecule has 0 heterocycles. The number of benzene rings is 2. The van der Waals surface area contributed by atoms with Crippen LogP contribution in [0.5, 0.6) is 0 Å². The summed E-state index contributed by atoms with van der Waals surface area (Å²) in [4.78, 5) is 0. The van der Waals surface area contributed by atoms with Crippen molar-refractivity contribution in [3.8, 4) is 0 Å². The van der Waals surface area contributed by atoms with Crippen LogP contribution in [0.1, 0.15) is 46.9 Å². The van der Waals surface area contributed by atoms with Crippen LogP contribution in [0, 0.1) is 0 Å². The van der Waals surface area contributed by atoms with Crippen LogP contribution in [0.25, 0.3) is 11.1 Å². The molecule has 0 aromatic heterocycles. The Morgan fingerprint density at radius 2 is 1.03 bits per heavy atom. The van der Waals surface area contributed by atoms with Crippen LogP contribution in [-0.2, 0) is 8.85 Å². The summed E-state index contributed by atoms with van der Waals surface area (Å²) < 4.78 is 12.3. The van der Waals surface area contributed by atoms with Crippen molar-refractivity contribution < 1.29 is 8.85 Å². The molecule has 2 aliphatic carbocycles. The van der Waals surface area contributed by atoms with Crippen molar-refractivity contribution in [1.29, 1.82) is 0 Å². The minimum absolute atomic E-state index is 0.552. The van der Waals surface area contributed by atoms with E-state index in [9.17, 15) is 0 Å². The first-order valence-corrected chi connectivity index (χ1v) is 21.4. The number of fused-ring (bicyclic) bond motifs is 2. The molecule has 0 spiro atoms. The predicted molar refractivity (Wildman–Crippen MR) is 158 cm³/mol. The number of hydrogen-bond acceptors (Lipinski definition) is 2. The van der Waals surface area contributed by atoms with Gasteiger partial charge in [-0.1, -0.05) is 72.8 Å². The van der Waals surface area contributed by atoms with Crippen LogP contribution in [0.2, 0.25) is 51.4 Å². The molecule has 2 aliphatic rings. The Kier molecular flexibility index (Phi) is 8.54. The Morgan fingerprint density at radius 1 is 0.629 bits per heavy atom. The molecule has 0 saturated carbocycles. The van der Waals surface area contributed by atoms with Gasteiger partial charge < -0.3 is 8.85 Å². The van der Waals surface area contributed by atoms with Crippen molar-refractivity contribution >= 4 is 37.3 Å². The highest BCUT2D eigenvalue weighted by Crippen LogP contribution is 2.42. The van der Waals surface area contributed by atoms with Gasteiger partial charge in [0.15, 0.2) is 16.6 Å². The van der Waals surface area contributed by atoms with Crippen LogP contribution in [0.15, 0.2) is 60.7 Å². The molecule has 5 heteroatoms. The largest absolute Gasteiger partial charge is 0.417 e. The predicted octanol–water partition coefficient (Wildman–Crippen LogP) is 8.37. The lowest BCUT2D eigenvalue weighted by Gasteiger charge is -2.17. The van der Waals surface area contributed by atoms with E-state index in [1.54, 1.807) is 0 Å². The highest BCUT2D eigenvalue weighted by molar-refractivity contribution is 6.70. The van der Waals surface area contributed by atoms with E-state index >= 15 is 0 Å². The SMILES string of the molecule is C[Si](C)(C)OCCC1=CC(C[Si]CC2C=C(CCO[Si](C)(C)C)c3ccccc32)c2ccccc21. The van der Waals surface area contributed by atoms with E-state index in [1.807, 2.05) is 0 Å². The molecule has 2 aromatic carbocycles. The maximum absolute atomic E-state index is 6.17. The second-order valence-corrected chi connectivity index (χ2v) is 22.2. The topological polar surface area (TPSA) is 18.5 Å². The number of hydrogen-bond donors (Lipinski definition) is 0. The molecule has 186 valence electrons. The minimum atomic E-state index is -1.46. The van der Waals surface area contributed by atoms with E-state index in [1.165, 1.54) is 45.5 Å². The van der Waals surface area contributed by atoms with Gasteiger partial charge >= 0.3 is 0 Å². The second kappa shape index (κ2) is 11.3. The molecule has 0 aliphatic heterocycles. The van der Waals surface area contributed by atoms with E-state index < -0.39 is 16.6 Å². The fourth-order valence-electron chi connectivity index (χ4n) is 5.17. The molecule has 2 aromatic rings. The summed E-state index contributed by atoms with van der Waals surface area (Å²) >= 11 is 0. The molecule has 2 radical (unpaired) electrons. The third kappa shape index (κ3) is 7.26. The average Bonchev–Trinajstić information content (AvgIpc) is 3.31. The van der Waals surface area contributed by atoms with Gasteiger partial charge in [-0.2, -0.15) is 0 Å². The van der Waals surface area contributed by atoms with E-state index in [4.69, 9.17) is 8.85 Å². The lowest BCUT2D eigenvalue weighted by Crippen LogP contribution is -2.25. The van der Waals surface area contributed by atoms with E-state index in [-0.39, 0.29) is 0 Å². The van der Waals surface area contributed by atoms with Gasteiger partial charge in [-0.05, 0) is 85.5 Å². The van der Waals surface area contributed by atoms with Crippen LogP contribution < -0.4 is 0 Å². The maximum Gasteiger partial charge on any atom is 0.183 e. The molecular weight excluding hydrogens is 477 g/mol. The molecule has 2 nitrogen and oxygen atoms in total. The minimum Gasteiger partial charge on any atom is -0.417 e. The summed E-state index contributed by atoms with van der Waals surface area (Å²) in [6, 6.07) is 20.6. The molecule has 0 bridgehead atoms. The fourth-order valence-corrected chi connectivity index (χ4v) is 8.07. The van der Waals surface area contributed by atoms with Gasteiger partial charge in [-0.25, -0.2) is 0 Å². The molecule has 35 heavy (non-hydrogen) atoms. The fraction of sp³-hybridized carbons (Fsp3) is 0.467. The van der Waals surface area contributed by atoms with E-state index in [2.05, 4.69) is 100.0 Å². The maximum atomic E-state index is 6.17. The quantitative estimate of drug-likeness (QED) is 0.263. The van der Waals surface area contributed by atoms with Crippen molar-refractivity contribution in [2.45, 2.75) is 76.0 Å². The zero-order chi connectivity index (χ0) is 25.1. The van der Waals surface area contributed by atoms with Gasteiger partial charge in [0.05, 0.1) is 0 Å². The Morgan fingerprint density at radius 3 is 1.43 bits per heavy atom. The van der Waals surface area contributed by atoms with Crippen molar-refractivity contribution in [1.82, 2.24) is 0 Å². The van der Waals surface area contributed by atoms with Crippen LogP contribution in [-0.4, -0.2) is 39.4 Å². The zero-order valence-electron chi connectivity index (χ0n) is 22.5. The molecule has 2 unspecified atom stereocenters. The first-order valence-electron chi connectivity index (χ1n) is 13.2. The highest BCUT2D eigenvalue weighted by atomic mass is 28.4. The van der Waals surface area contributed by atoms with Gasteiger partial charge in [0.2, 0.25) is 0 Å². The summed E-state index contributed by atoms with van der Waals surface area (Å²) in [5.41, 5.74) is 8.94. The summed E-state index contributed by atoms with van der Waals surface area (Å²) in [6.07, 6.45) is 7.15. The van der Waals surface area contributed by atoms with E-state index in [0.29, 0.717) is 11.8 Å². The third-order valence-corrected chi connectivity index (χ3v) is 10.4. The molecule has 0 saturated heterocycles. The van der Waals surface area contributed by atoms with Gasteiger partial charge in [0, 0.05) is 34.6 Å². The number of rotatable bonds is 12. The normalized spacial score (nSPS) is 19.4. The lowest BCUT2D eigenvalue weighted by atomic mass is 10.0. The lowest BCUT2D eigenvalue weighted by molar-refractivity contribution is 0.321. The summed E-state index contributed by atoms with van der Waals surface area (Å²) in [6.45, 7) is 15.3. The standard InChI is InChI=1S/C30H42O2Si3/c1-34(2,3)31-17-15-23-19-25(29-13-9-7-11-27(23)29)21-33-22-26-20-24(16-18-32-35(4,5)6)28-12-8-10-14-30(26)28/h7-14,19-20,25-26H,15-18,21-22H2,1-6H3. The van der Waals surface area contributed by atoms with Crippen LogP contribution >= 0.6 is 0 Å². The molecule has 0 N–H and O–H groups in total. The Bertz CT molecular complexity index is 990.